The topological polar surface area (TPSA) is 51.7 Å². The van der Waals surface area contributed by atoms with Crippen molar-refractivity contribution in [1.29, 1.82) is 0 Å². The highest BCUT2D eigenvalue weighted by atomic mass is 16.7. The molecule has 0 bridgehead atoms. The molecule has 1 saturated heterocycles. The number of ether oxygens (including phenoxy) is 2. The molecule has 2 aromatic rings. The summed E-state index contributed by atoms with van der Waals surface area (Å²) in [5.74, 6) is 2.08. The molecule has 1 aromatic heterocycles. The number of hydrogen-bond acceptors (Lipinski definition) is 4. The lowest BCUT2D eigenvalue weighted by Gasteiger charge is -2.32. The zero-order valence-corrected chi connectivity index (χ0v) is 14.4. The summed E-state index contributed by atoms with van der Waals surface area (Å²) in [6.07, 6.45) is 5.02. The van der Waals surface area contributed by atoms with Crippen LogP contribution >= 0.6 is 0 Å². The zero-order valence-electron chi connectivity index (χ0n) is 14.4. The van der Waals surface area contributed by atoms with Crippen molar-refractivity contribution >= 4 is 5.91 Å². The van der Waals surface area contributed by atoms with Crippen LogP contribution in [0.25, 0.3) is 0 Å². The molecule has 0 saturated carbocycles. The van der Waals surface area contributed by atoms with Crippen molar-refractivity contribution in [2.24, 2.45) is 5.92 Å². The van der Waals surface area contributed by atoms with Gasteiger partial charge in [-0.25, -0.2) is 0 Å². The quantitative estimate of drug-likeness (QED) is 0.862. The fourth-order valence-electron chi connectivity index (χ4n) is 3.62. The Hall–Kier alpha value is -2.56. The second-order valence-electron chi connectivity index (χ2n) is 6.81. The van der Waals surface area contributed by atoms with Gasteiger partial charge >= 0.3 is 0 Å². The first-order valence-corrected chi connectivity index (χ1v) is 8.79. The standard InChI is InChI=1S/C20H22N2O3/c1-14-10-16(4-7-21-14)11-15-5-8-22(9-6-15)20(23)17-2-3-18-19(12-17)25-13-24-18/h2-4,7,10,12,15H,5-6,8-9,11,13H2,1H3. The number of benzene rings is 1. The number of hydrogen-bond donors (Lipinski definition) is 0. The second-order valence-corrected chi connectivity index (χ2v) is 6.81. The summed E-state index contributed by atoms with van der Waals surface area (Å²) in [5.41, 5.74) is 3.08. The molecule has 25 heavy (non-hydrogen) atoms. The molecular formula is C20H22N2O3. The third-order valence-corrected chi connectivity index (χ3v) is 5.01. The van der Waals surface area contributed by atoms with Gasteiger partial charge in [-0.3, -0.25) is 9.78 Å². The summed E-state index contributed by atoms with van der Waals surface area (Å²) < 4.78 is 10.7. The molecule has 4 rings (SSSR count). The summed E-state index contributed by atoms with van der Waals surface area (Å²) in [7, 11) is 0. The molecule has 0 aliphatic carbocycles. The van der Waals surface area contributed by atoms with Crippen molar-refractivity contribution in [2.75, 3.05) is 19.9 Å². The Kier molecular flexibility index (Phi) is 4.30. The van der Waals surface area contributed by atoms with Gasteiger partial charge in [0.25, 0.3) is 5.91 Å². The second kappa shape index (κ2) is 6.75. The molecule has 1 fully saturated rings. The predicted octanol–water partition coefficient (Wildman–Crippen LogP) is 3.21. The van der Waals surface area contributed by atoms with E-state index in [2.05, 4.69) is 17.1 Å². The van der Waals surface area contributed by atoms with Crippen LogP contribution in [0.4, 0.5) is 0 Å². The number of pyridine rings is 1. The summed E-state index contributed by atoms with van der Waals surface area (Å²) in [6, 6.07) is 9.67. The first kappa shape index (κ1) is 15.9. The molecule has 3 heterocycles. The number of likely N-dealkylation sites (tertiary alicyclic amines) is 1. The van der Waals surface area contributed by atoms with Crippen LogP contribution in [0.2, 0.25) is 0 Å². The Morgan fingerprint density at radius 1 is 1.16 bits per heavy atom. The minimum atomic E-state index is 0.0801. The van der Waals surface area contributed by atoms with Crippen LogP contribution in [0.1, 0.15) is 34.5 Å². The lowest BCUT2D eigenvalue weighted by atomic mass is 9.90. The number of fused-ring (bicyclic) bond motifs is 1. The number of amides is 1. The number of piperidine rings is 1. The largest absolute Gasteiger partial charge is 0.454 e. The summed E-state index contributed by atoms with van der Waals surface area (Å²) >= 11 is 0. The van der Waals surface area contributed by atoms with Gasteiger partial charge in [-0.2, -0.15) is 0 Å². The van der Waals surface area contributed by atoms with Gasteiger partial charge in [-0.15, -0.1) is 0 Å². The van der Waals surface area contributed by atoms with Gasteiger partial charge in [0.05, 0.1) is 0 Å². The van der Waals surface area contributed by atoms with E-state index in [0.29, 0.717) is 23.0 Å². The van der Waals surface area contributed by atoms with Gasteiger partial charge in [0.2, 0.25) is 6.79 Å². The van der Waals surface area contributed by atoms with Crippen LogP contribution in [0.3, 0.4) is 0 Å². The molecular weight excluding hydrogens is 316 g/mol. The zero-order chi connectivity index (χ0) is 17.2. The molecule has 0 radical (unpaired) electrons. The first-order valence-electron chi connectivity index (χ1n) is 8.79. The number of nitrogens with zero attached hydrogens (tertiary/aromatic N) is 2. The van der Waals surface area contributed by atoms with E-state index in [1.807, 2.05) is 30.2 Å². The van der Waals surface area contributed by atoms with Crippen molar-refractivity contribution in [3.05, 3.63) is 53.3 Å². The highest BCUT2D eigenvalue weighted by Gasteiger charge is 2.25. The van der Waals surface area contributed by atoms with Gasteiger partial charge in [-0.1, -0.05) is 0 Å². The Morgan fingerprint density at radius 2 is 1.96 bits per heavy atom. The van der Waals surface area contributed by atoms with Crippen LogP contribution in [0.5, 0.6) is 11.5 Å². The monoisotopic (exact) mass is 338 g/mol. The SMILES string of the molecule is Cc1cc(CC2CCN(C(=O)c3ccc4c(c3)OCO4)CC2)ccn1. The molecule has 2 aliphatic heterocycles. The van der Waals surface area contributed by atoms with Crippen molar-refractivity contribution in [3.63, 3.8) is 0 Å². The number of rotatable bonds is 3. The van der Waals surface area contributed by atoms with E-state index in [0.717, 1.165) is 38.0 Å². The molecule has 2 aliphatic rings. The molecule has 5 heteroatoms. The van der Waals surface area contributed by atoms with E-state index in [1.54, 1.807) is 6.07 Å². The third kappa shape index (κ3) is 3.45. The van der Waals surface area contributed by atoms with Crippen molar-refractivity contribution in [1.82, 2.24) is 9.88 Å². The molecule has 0 atom stereocenters. The van der Waals surface area contributed by atoms with Crippen LogP contribution in [-0.2, 0) is 6.42 Å². The van der Waals surface area contributed by atoms with Crippen LogP contribution in [0, 0.1) is 12.8 Å². The Labute approximate surface area is 147 Å². The first-order chi connectivity index (χ1) is 12.2. The molecule has 130 valence electrons. The molecule has 1 aromatic carbocycles. The van der Waals surface area contributed by atoms with Gasteiger partial charge in [0.15, 0.2) is 11.5 Å². The predicted molar refractivity (Wildman–Crippen MR) is 93.9 cm³/mol. The summed E-state index contributed by atoms with van der Waals surface area (Å²) in [6.45, 7) is 3.87. The normalized spacial score (nSPS) is 16.9. The fourth-order valence-corrected chi connectivity index (χ4v) is 3.62. The van der Waals surface area contributed by atoms with Crippen LogP contribution in [-0.4, -0.2) is 35.7 Å². The number of carbonyl (C=O) groups is 1. The Bertz CT molecular complexity index is 782. The molecule has 0 spiro atoms. The van der Waals surface area contributed by atoms with Crippen LogP contribution in [0.15, 0.2) is 36.5 Å². The minimum absolute atomic E-state index is 0.0801. The minimum Gasteiger partial charge on any atom is -0.454 e. The average Bonchev–Trinajstić information content (AvgIpc) is 3.09. The maximum absolute atomic E-state index is 12.7. The van der Waals surface area contributed by atoms with Gasteiger partial charge < -0.3 is 14.4 Å². The van der Waals surface area contributed by atoms with Crippen molar-refractivity contribution in [3.8, 4) is 11.5 Å². The van der Waals surface area contributed by atoms with E-state index in [-0.39, 0.29) is 12.7 Å². The lowest BCUT2D eigenvalue weighted by Crippen LogP contribution is -2.38. The number of carbonyl (C=O) groups excluding carboxylic acids is 1. The highest BCUT2D eigenvalue weighted by Crippen LogP contribution is 2.33. The van der Waals surface area contributed by atoms with E-state index in [1.165, 1.54) is 5.56 Å². The highest BCUT2D eigenvalue weighted by molar-refractivity contribution is 5.95. The van der Waals surface area contributed by atoms with Gasteiger partial charge in [-0.05, 0) is 68.0 Å². The van der Waals surface area contributed by atoms with E-state index < -0.39 is 0 Å². The Morgan fingerprint density at radius 3 is 2.76 bits per heavy atom. The average molecular weight is 338 g/mol. The van der Waals surface area contributed by atoms with Gasteiger partial charge in [0.1, 0.15) is 0 Å². The Balaban J connectivity index is 1.36. The van der Waals surface area contributed by atoms with Crippen molar-refractivity contribution < 1.29 is 14.3 Å². The molecule has 0 N–H and O–H groups in total. The molecule has 0 unspecified atom stereocenters. The smallest absolute Gasteiger partial charge is 0.253 e. The van der Waals surface area contributed by atoms with E-state index >= 15 is 0 Å². The maximum atomic E-state index is 12.7. The van der Waals surface area contributed by atoms with Gasteiger partial charge in [0, 0.05) is 30.5 Å². The molecule has 1 amide bonds. The van der Waals surface area contributed by atoms with E-state index in [9.17, 15) is 4.79 Å². The lowest BCUT2D eigenvalue weighted by molar-refractivity contribution is 0.0690. The number of aromatic nitrogens is 1. The summed E-state index contributed by atoms with van der Waals surface area (Å²) in [5, 5.41) is 0. The summed E-state index contributed by atoms with van der Waals surface area (Å²) in [4.78, 5) is 18.9. The van der Waals surface area contributed by atoms with Crippen LogP contribution < -0.4 is 9.47 Å². The maximum Gasteiger partial charge on any atom is 0.253 e. The van der Waals surface area contributed by atoms with Crippen molar-refractivity contribution in [2.45, 2.75) is 26.2 Å². The number of aryl methyl sites for hydroxylation is 1. The van der Waals surface area contributed by atoms with E-state index in [4.69, 9.17) is 9.47 Å². The third-order valence-electron chi connectivity index (χ3n) is 5.01. The molecule has 5 nitrogen and oxygen atoms in total. The fraction of sp³-hybridized carbons (Fsp3) is 0.400.